The van der Waals surface area contributed by atoms with Gasteiger partial charge in [-0.05, 0) is 12.1 Å². The predicted molar refractivity (Wildman–Crippen MR) is 77.1 cm³/mol. The van der Waals surface area contributed by atoms with Crippen molar-refractivity contribution in [2.45, 2.75) is 5.75 Å². The molecule has 7 nitrogen and oxygen atoms in total. The molecule has 2 aromatic heterocycles. The third kappa shape index (κ3) is 3.09. The average molecular weight is 326 g/mol. The Kier molecular flexibility index (Phi) is 4.08. The molecule has 3 heterocycles. The number of pyridine rings is 1. The van der Waals surface area contributed by atoms with E-state index in [9.17, 15) is 12.8 Å². The van der Waals surface area contributed by atoms with Gasteiger partial charge in [0.05, 0.1) is 5.69 Å². The van der Waals surface area contributed by atoms with E-state index in [0.29, 0.717) is 18.8 Å². The van der Waals surface area contributed by atoms with Crippen LogP contribution in [0.15, 0.2) is 35.2 Å². The highest BCUT2D eigenvalue weighted by atomic mass is 32.2. The van der Waals surface area contributed by atoms with Crippen molar-refractivity contribution in [1.29, 1.82) is 0 Å². The SMILES string of the molecule is O=S(=O)(Cc1ccon1)N1CCN(c2ncccc2F)CC1. The Bertz CT molecular complexity index is 728. The number of rotatable bonds is 4. The lowest BCUT2D eigenvalue weighted by Crippen LogP contribution is -2.49. The van der Waals surface area contributed by atoms with Crippen LogP contribution in [0.2, 0.25) is 0 Å². The molecule has 0 unspecified atom stereocenters. The number of nitrogens with zero attached hydrogens (tertiary/aromatic N) is 4. The molecule has 1 fully saturated rings. The van der Waals surface area contributed by atoms with E-state index in [4.69, 9.17) is 0 Å². The van der Waals surface area contributed by atoms with Crippen LogP contribution in [0.25, 0.3) is 0 Å². The number of piperazine rings is 1. The first-order valence-electron chi connectivity index (χ1n) is 6.79. The fourth-order valence-electron chi connectivity index (χ4n) is 2.38. The molecular formula is C13H15FN4O3S. The van der Waals surface area contributed by atoms with Gasteiger partial charge in [0.2, 0.25) is 10.0 Å². The highest BCUT2D eigenvalue weighted by Gasteiger charge is 2.29. The van der Waals surface area contributed by atoms with Crippen molar-refractivity contribution in [2.24, 2.45) is 0 Å². The number of hydrogen-bond acceptors (Lipinski definition) is 6. The molecule has 0 radical (unpaired) electrons. The van der Waals surface area contributed by atoms with Crippen LogP contribution in [-0.2, 0) is 15.8 Å². The van der Waals surface area contributed by atoms with Gasteiger partial charge in [-0.15, -0.1) is 0 Å². The Morgan fingerprint density at radius 2 is 2.00 bits per heavy atom. The molecule has 0 aliphatic carbocycles. The highest BCUT2D eigenvalue weighted by Crippen LogP contribution is 2.19. The summed E-state index contributed by atoms with van der Waals surface area (Å²) in [4.78, 5) is 5.76. The molecule has 1 aliphatic rings. The summed E-state index contributed by atoms with van der Waals surface area (Å²) < 4.78 is 44.3. The Labute approximate surface area is 127 Å². The van der Waals surface area contributed by atoms with Gasteiger partial charge >= 0.3 is 0 Å². The van der Waals surface area contributed by atoms with E-state index in [2.05, 4.69) is 14.7 Å². The summed E-state index contributed by atoms with van der Waals surface area (Å²) in [6, 6.07) is 4.39. The summed E-state index contributed by atoms with van der Waals surface area (Å²) in [6.45, 7) is 1.37. The molecule has 3 rings (SSSR count). The summed E-state index contributed by atoms with van der Waals surface area (Å²) in [7, 11) is -3.45. The Balaban J connectivity index is 1.65. The molecule has 0 bridgehead atoms. The zero-order chi connectivity index (χ0) is 15.6. The van der Waals surface area contributed by atoms with Gasteiger partial charge in [-0.3, -0.25) is 0 Å². The zero-order valence-electron chi connectivity index (χ0n) is 11.7. The Morgan fingerprint density at radius 3 is 2.64 bits per heavy atom. The second-order valence-electron chi connectivity index (χ2n) is 4.94. The lowest BCUT2D eigenvalue weighted by molar-refractivity contribution is 0.379. The minimum Gasteiger partial charge on any atom is -0.364 e. The Morgan fingerprint density at radius 1 is 1.23 bits per heavy atom. The van der Waals surface area contributed by atoms with Crippen LogP contribution in [0.4, 0.5) is 10.2 Å². The molecule has 0 amide bonds. The van der Waals surface area contributed by atoms with Crippen LogP contribution in [-0.4, -0.2) is 49.0 Å². The first kappa shape index (κ1) is 14.9. The van der Waals surface area contributed by atoms with Gasteiger partial charge in [0.1, 0.15) is 12.0 Å². The van der Waals surface area contributed by atoms with Gasteiger partial charge in [-0.2, -0.15) is 4.31 Å². The van der Waals surface area contributed by atoms with Crippen LogP contribution in [0.3, 0.4) is 0 Å². The molecule has 9 heteroatoms. The van der Waals surface area contributed by atoms with Crippen molar-refractivity contribution in [3.05, 3.63) is 42.2 Å². The average Bonchev–Trinajstić information content (AvgIpc) is 3.00. The van der Waals surface area contributed by atoms with Gasteiger partial charge in [0, 0.05) is 38.4 Å². The normalized spacial score (nSPS) is 16.9. The van der Waals surface area contributed by atoms with Gasteiger partial charge in [-0.25, -0.2) is 17.8 Å². The minimum absolute atomic E-state index is 0.193. The molecule has 0 aromatic carbocycles. The summed E-state index contributed by atoms with van der Waals surface area (Å²) >= 11 is 0. The van der Waals surface area contributed by atoms with Gasteiger partial charge in [0.25, 0.3) is 0 Å². The van der Waals surface area contributed by atoms with Gasteiger partial charge in [-0.1, -0.05) is 5.16 Å². The monoisotopic (exact) mass is 326 g/mol. The summed E-state index contributed by atoms with van der Waals surface area (Å²) in [5, 5.41) is 3.62. The van der Waals surface area contributed by atoms with E-state index in [0.717, 1.165) is 0 Å². The topological polar surface area (TPSA) is 79.5 Å². The number of anilines is 1. The van der Waals surface area contributed by atoms with E-state index in [1.54, 1.807) is 4.90 Å². The molecule has 2 aromatic rings. The van der Waals surface area contributed by atoms with Gasteiger partial charge < -0.3 is 9.42 Å². The van der Waals surface area contributed by atoms with Gasteiger partial charge in [0.15, 0.2) is 11.6 Å². The first-order chi connectivity index (χ1) is 10.6. The molecule has 22 heavy (non-hydrogen) atoms. The van der Waals surface area contributed by atoms with Crippen LogP contribution in [0.5, 0.6) is 0 Å². The largest absolute Gasteiger partial charge is 0.364 e. The van der Waals surface area contributed by atoms with E-state index < -0.39 is 15.8 Å². The summed E-state index contributed by atoms with van der Waals surface area (Å²) in [6.07, 6.45) is 2.86. The van der Waals surface area contributed by atoms with E-state index in [-0.39, 0.29) is 24.7 Å². The van der Waals surface area contributed by atoms with Crippen LogP contribution in [0.1, 0.15) is 5.69 Å². The first-order valence-corrected chi connectivity index (χ1v) is 8.40. The highest BCUT2D eigenvalue weighted by molar-refractivity contribution is 7.88. The fourth-order valence-corrected chi connectivity index (χ4v) is 3.80. The van der Waals surface area contributed by atoms with Crippen LogP contribution < -0.4 is 4.90 Å². The maximum atomic E-state index is 13.7. The van der Waals surface area contributed by atoms with Crippen LogP contribution in [0, 0.1) is 5.82 Å². The van der Waals surface area contributed by atoms with E-state index in [1.165, 1.54) is 35.0 Å². The van der Waals surface area contributed by atoms with Crippen molar-refractivity contribution < 1.29 is 17.3 Å². The maximum absolute atomic E-state index is 13.7. The van der Waals surface area contributed by atoms with E-state index >= 15 is 0 Å². The zero-order valence-corrected chi connectivity index (χ0v) is 12.5. The second kappa shape index (κ2) is 6.01. The molecule has 0 atom stereocenters. The molecule has 0 saturated carbocycles. The number of sulfonamides is 1. The smallest absolute Gasteiger partial charge is 0.220 e. The molecular weight excluding hydrogens is 311 g/mol. The van der Waals surface area contributed by atoms with Crippen molar-refractivity contribution in [3.8, 4) is 0 Å². The fraction of sp³-hybridized carbons (Fsp3) is 0.385. The maximum Gasteiger partial charge on any atom is 0.220 e. The van der Waals surface area contributed by atoms with Crippen LogP contribution >= 0.6 is 0 Å². The predicted octanol–water partition coefficient (Wildman–Crippen LogP) is 0.861. The number of halogens is 1. The second-order valence-corrected chi connectivity index (χ2v) is 6.91. The third-order valence-electron chi connectivity index (χ3n) is 3.49. The molecule has 1 saturated heterocycles. The number of hydrogen-bond donors (Lipinski definition) is 0. The molecule has 1 aliphatic heterocycles. The minimum atomic E-state index is -3.45. The summed E-state index contributed by atoms with van der Waals surface area (Å²) in [5.74, 6) is -0.334. The van der Waals surface area contributed by atoms with Crippen molar-refractivity contribution >= 4 is 15.8 Å². The van der Waals surface area contributed by atoms with Crippen molar-refractivity contribution in [3.63, 3.8) is 0 Å². The lowest BCUT2D eigenvalue weighted by atomic mass is 10.3. The summed E-state index contributed by atoms with van der Waals surface area (Å²) in [5.41, 5.74) is 0.373. The third-order valence-corrected chi connectivity index (χ3v) is 5.30. The van der Waals surface area contributed by atoms with Crippen molar-refractivity contribution in [2.75, 3.05) is 31.1 Å². The standard InChI is InChI=1S/C13H15FN4O3S/c14-12-2-1-4-15-13(12)17-5-7-18(8-6-17)22(19,20)10-11-3-9-21-16-11/h1-4,9H,5-8,10H2. The molecule has 118 valence electrons. The number of aromatic nitrogens is 2. The quantitative estimate of drug-likeness (QED) is 0.829. The lowest BCUT2D eigenvalue weighted by Gasteiger charge is -2.34. The Hall–Kier alpha value is -2.00. The van der Waals surface area contributed by atoms with Crippen molar-refractivity contribution in [1.82, 2.24) is 14.4 Å². The molecule has 0 N–H and O–H groups in total. The van der Waals surface area contributed by atoms with E-state index in [1.807, 2.05) is 0 Å². The molecule has 0 spiro atoms.